The molecule has 1 aliphatic rings. The van der Waals surface area contributed by atoms with Crippen molar-refractivity contribution in [3.05, 3.63) is 90.6 Å². The molecule has 164 valence electrons. The van der Waals surface area contributed by atoms with Gasteiger partial charge in [-0.1, -0.05) is 35.6 Å². The number of rotatable bonds is 5. The molecule has 2 heterocycles. The highest BCUT2D eigenvalue weighted by molar-refractivity contribution is 7.98. The van der Waals surface area contributed by atoms with Crippen molar-refractivity contribution in [2.24, 2.45) is 4.99 Å². The molecular weight excluding hydrogens is 444 g/mol. The van der Waals surface area contributed by atoms with Crippen molar-refractivity contribution < 1.29 is 14.6 Å². The van der Waals surface area contributed by atoms with Gasteiger partial charge in [0, 0.05) is 4.90 Å². The quantitative estimate of drug-likeness (QED) is 0.461. The van der Waals surface area contributed by atoms with Gasteiger partial charge in [-0.3, -0.25) is 9.36 Å². The first-order valence-corrected chi connectivity index (χ1v) is 12.1. The third-order valence-electron chi connectivity index (χ3n) is 5.14. The summed E-state index contributed by atoms with van der Waals surface area (Å²) in [6.45, 7) is 3.76. The monoisotopic (exact) mass is 466 g/mol. The number of nitrogens with zero attached hydrogens (tertiary/aromatic N) is 2. The zero-order valence-electron chi connectivity index (χ0n) is 17.9. The molecular formula is C24H22N2O4S2. The minimum absolute atomic E-state index is 0.159. The van der Waals surface area contributed by atoms with Crippen LogP contribution >= 0.6 is 23.1 Å². The first kappa shape index (κ1) is 22.1. The van der Waals surface area contributed by atoms with Gasteiger partial charge in [-0.15, -0.1) is 11.8 Å². The number of benzene rings is 2. The Hall–Kier alpha value is -3.10. The predicted molar refractivity (Wildman–Crippen MR) is 127 cm³/mol. The van der Waals surface area contributed by atoms with Crippen LogP contribution in [0.2, 0.25) is 0 Å². The topological polar surface area (TPSA) is 80.9 Å². The normalized spacial score (nSPS) is 16.0. The van der Waals surface area contributed by atoms with Gasteiger partial charge in [0.05, 0.1) is 28.5 Å². The van der Waals surface area contributed by atoms with Crippen molar-refractivity contribution in [1.82, 2.24) is 4.57 Å². The van der Waals surface area contributed by atoms with E-state index in [-0.39, 0.29) is 17.9 Å². The van der Waals surface area contributed by atoms with Crippen LogP contribution in [0.1, 0.15) is 31.0 Å². The van der Waals surface area contributed by atoms with Gasteiger partial charge in [-0.05, 0) is 61.6 Å². The molecule has 0 aliphatic carbocycles. The minimum atomic E-state index is -0.622. The van der Waals surface area contributed by atoms with Crippen LogP contribution in [-0.4, -0.2) is 28.5 Å². The smallest absolute Gasteiger partial charge is 0.338 e. The summed E-state index contributed by atoms with van der Waals surface area (Å²) in [4.78, 5) is 32.6. The largest absolute Gasteiger partial charge is 0.508 e. The number of carbonyl (C=O) groups excluding carboxylic acids is 1. The molecule has 6 nitrogen and oxygen atoms in total. The predicted octanol–water partition coefficient (Wildman–Crippen LogP) is 3.23. The van der Waals surface area contributed by atoms with Crippen LogP contribution in [0, 0.1) is 0 Å². The number of fused-ring (bicyclic) bond motifs is 1. The van der Waals surface area contributed by atoms with Crippen LogP contribution in [-0.2, 0) is 9.53 Å². The van der Waals surface area contributed by atoms with Crippen molar-refractivity contribution in [3.63, 3.8) is 0 Å². The summed E-state index contributed by atoms with van der Waals surface area (Å²) in [5.41, 5.74) is 2.29. The molecule has 1 atom stereocenters. The average molecular weight is 467 g/mol. The zero-order chi connectivity index (χ0) is 22.8. The van der Waals surface area contributed by atoms with Gasteiger partial charge in [0.15, 0.2) is 4.80 Å². The number of ether oxygens (including phenoxy) is 1. The number of aromatic nitrogens is 1. The molecule has 0 saturated heterocycles. The van der Waals surface area contributed by atoms with Crippen LogP contribution < -0.4 is 14.9 Å². The van der Waals surface area contributed by atoms with E-state index in [1.807, 2.05) is 30.5 Å². The van der Waals surface area contributed by atoms with Gasteiger partial charge in [0.2, 0.25) is 0 Å². The van der Waals surface area contributed by atoms with Gasteiger partial charge in [0.1, 0.15) is 5.75 Å². The molecule has 3 aromatic rings. The molecule has 0 unspecified atom stereocenters. The lowest BCUT2D eigenvalue weighted by Crippen LogP contribution is -2.39. The van der Waals surface area contributed by atoms with Crippen molar-refractivity contribution in [2.75, 3.05) is 12.9 Å². The fourth-order valence-electron chi connectivity index (χ4n) is 3.62. The van der Waals surface area contributed by atoms with Gasteiger partial charge in [-0.2, -0.15) is 0 Å². The Balaban J connectivity index is 1.93. The summed E-state index contributed by atoms with van der Waals surface area (Å²) in [7, 11) is 0. The summed E-state index contributed by atoms with van der Waals surface area (Å²) in [5, 5.41) is 9.52. The van der Waals surface area contributed by atoms with Gasteiger partial charge in [0.25, 0.3) is 5.56 Å². The number of hydrogen-bond acceptors (Lipinski definition) is 7. The van der Waals surface area contributed by atoms with E-state index in [2.05, 4.69) is 4.99 Å². The Labute approximate surface area is 193 Å². The van der Waals surface area contributed by atoms with Crippen molar-refractivity contribution in [3.8, 4) is 5.75 Å². The lowest BCUT2D eigenvalue weighted by molar-refractivity contribution is -0.139. The molecule has 1 aromatic heterocycles. The summed E-state index contributed by atoms with van der Waals surface area (Å²) in [6.07, 6.45) is 3.76. The summed E-state index contributed by atoms with van der Waals surface area (Å²) in [6, 6.07) is 13.8. The second-order valence-electron chi connectivity index (χ2n) is 7.17. The molecule has 0 spiro atoms. The molecule has 0 bridgehead atoms. The summed E-state index contributed by atoms with van der Waals surface area (Å²) >= 11 is 2.90. The molecule has 4 rings (SSSR count). The van der Waals surface area contributed by atoms with Crippen molar-refractivity contribution >= 4 is 35.1 Å². The van der Waals surface area contributed by atoms with Crippen molar-refractivity contribution in [2.45, 2.75) is 24.8 Å². The highest BCUT2D eigenvalue weighted by atomic mass is 32.2. The van der Waals surface area contributed by atoms with Crippen LogP contribution in [0.3, 0.4) is 0 Å². The average Bonchev–Trinajstić information content (AvgIpc) is 3.09. The van der Waals surface area contributed by atoms with E-state index in [1.165, 1.54) is 11.3 Å². The maximum Gasteiger partial charge on any atom is 0.338 e. The van der Waals surface area contributed by atoms with E-state index in [0.717, 1.165) is 16.0 Å². The first-order chi connectivity index (χ1) is 15.4. The Bertz CT molecular complexity index is 1370. The highest BCUT2D eigenvalue weighted by Crippen LogP contribution is 2.31. The Morgan fingerprint density at radius 2 is 1.91 bits per heavy atom. The number of thioether (sulfide) groups is 1. The third-order valence-corrected chi connectivity index (χ3v) is 6.87. The summed E-state index contributed by atoms with van der Waals surface area (Å²) in [5.74, 6) is -0.312. The number of phenolic OH excluding ortho intramolecular Hbond substituents is 1. The maximum absolute atomic E-state index is 13.5. The second kappa shape index (κ2) is 9.18. The summed E-state index contributed by atoms with van der Waals surface area (Å²) < 4.78 is 7.38. The molecule has 1 aliphatic heterocycles. The van der Waals surface area contributed by atoms with Crippen molar-refractivity contribution in [1.29, 1.82) is 0 Å². The number of carbonyl (C=O) groups is 1. The molecule has 0 saturated carbocycles. The first-order valence-electron chi connectivity index (χ1n) is 10.1. The zero-order valence-corrected chi connectivity index (χ0v) is 19.5. The van der Waals surface area contributed by atoms with E-state index >= 15 is 0 Å². The lowest BCUT2D eigenvalue weighted by atomic mass is 9.96. The van der Waals surface area contributed by atoms with Gasteiger partial charge >= 0.3 is 5.97 Å². The third kappa shape index (κ3) is 4.16. The maximum atomic E-state index is 13.5. The number of esters is 1. The van der Waals surface area contributed by atoms with Gasteiger partial charge < -0.3 is 9.84 Å². The Kier molecular flexibility index (Phi) is 6.34. The highest BCUT2D eigenvalue weighted by Gasteiger charge is 2.33. The van der Waals surface area contributed by atoms with Crippen LogP contribution in [0.5, 0.6) is 5.75 Å². The number of phenols is 1. The molecule has 2 aromatic carbocycles. The van der Waals surface area contributed by atoms with Gasteiger partial charge in [-0.25, -0.2) is 9.79 Å². The second-order valence-corrected chi connectivity index (χ2v) is 9.06. The van der Waals surface area contributed by atoms with Crippen LogP contribution in [0.25, 0.3) is 6.08 Å². The minimum Gasteiger partial charge on any atom is -0.508 e. The van der Waals surface area contributed by atoms with E-state index in [0.29, 0.717) is 20.6 Å². The number of hydrogen-bond donors (Lipinski definition) is 1. The Morgan fingerprint density at radius 3 is 2.53 bits per heavy atom. The molecule has 8 heteroatoms. The molecule has 0 radical (unpaired) electrons. The molecule has 0 fully saturated rings. The van der Waals surface area contributed by atoms with Crippen LogP contribution in [0.4, 0.5) is 0 Å². The SMILES string of the molecule is CCOC(=O)C1=C(C)N=c2sc(=Cc3ccc(O)cc3)c(=O)n2[C@@H]1c1ccc(SC)cc1. The molecule has 1 N–H and O–H groups in total. The van der Waals surface area contributed by atoms with E-state index in [1.54, 1.807) is 60.5 Å². The number of allylic oxidation sites excluding steroid dienone is 1. The standard InChI is InChI=1S/C24H22N2O4S2/c1-4-30-23(29)20-14(2)25-24-26(21(20)16-7-11-18(31-3)12-8-16)22(28)19(32-24)13-15-5-9-17(27)10-6-15/h5-13,21,27H,4H2,1-3H3/t21-/m1/s1. The number of aromatic hydroxyl groups is 1. The fourth-order valence-corrected chi connectivity index (χ4v) is 5.07. The Morgan fingerprint density at radius 1 is 1.22 bits per heavy atom. The lowest BCUT2D eigenvalue weighted by Gasteiger charge is -2.24. The number of thiazole rings is 1. The molecule has 32 heavy (non-hydrogen) atoms. The van der Waals surface area contributed by atoms with E-state index < -0.39 is 12.0 Å². The van der Waals surface area contributed by atoms with Crippen LogP contribution in [0.15, 0.2) is 74.5 Å². The van der Waals surface area contributed by atoms with E-state index in [4.69, 9.17) is 4.74 Å². The fraction of sp³-hybridized carbons (Fsp3) is 0.208. The molecule has 0 amide bonds. The van der Waals surface area contributed by atoms with E-state index in [9.17, 15) is 14.7 Å².